The van der Waals surface area contributed by atoms with E-state index in [1.807, 2.05) is 23.1 Å². The largest absolute Gasteiger partial charge is 0.493 e. The van der Waals surface area contributed by atoms with E-state index in [0.29, 0.717) is 23.6 Å². The molecule has 3 heterocycles. The van der Waals surface area contributed by atoms with E-state index in [1.54, 1.807) is 26.5 Å². The van der Waals surface area contributed by atoms with Crippen molar-refractivity contribution in [2.75, 3.05) is 43.7 Å². The second-order valence-electron chi connectivity index (χ2n) is 8.01. The molecular formula is C24H26N4O3. The van der Waals surface area contributed by atoms with Crippen molar-refractivity contribution in [1.29, 1.82) is 0 Å². The Balaban J connectivity index is 1.56. The predicted molar refractivity (Wildman–Crippen MR) is 121 cm³/mol. The van der Waals surface area contributed by atoms with E-state index in [4.69, 9.17) is 9.47 Å². The molecule has 31 heavy (non-hydrogen) atoms. The van der Waals surface area contributed by atoms with Gasteiger partial charge >= 0.3 is 0 Å². The number of piperidine rings is 1. The first-order chi connectivity index (χ1) is 15.2. The van der Waals surface area contributed by atoms with E-state index in [1.165, 1.54) is 24.9 Å². The maximum absolute atomic E-state index is 13.6. The molecule has 0 atom stereocenters. The molecule has 1 amide bonds. The third-order valence-corrected chi connectivity index (χ3v) is 6.32. The van der Waals surface area contributed by atoms with Crippen molar-refractivity contribution in [3.63, 3.8) is 0 Å². The van der Waals surface area contributed by atoms with Gasteiger partial charge in [-0.1, -0.05) is 6.07 Å². The van der Waals surface area contributed by atoms with E-state index >= 15 is 0 Å². The summed E-state index contributed by atoms with van der Waals surface area (Å²) < 4.78 is 10.9. The molecular weight excluding hydrogens is 392 g/mol. The molecule has 0 aliphatic carbocycles. The molecule has 2 aliphatic heterocycles. The van der Waals surface area contributed by atoms with Crippen molar-refractivity contribution in [2.45, 2.75) is 25.7 Å². The lowest BCUT2D eigenvalue weighted by molar-refractivity contribution is 0.0981. The minimum absolute atomic E-state index is 0.00388. The van der Waals surface area contributed by atoms with Gasteiger partial charge in [0.2, 0.25) is 0 Å². The Hall–Kier alpha value is -3.35. The molecule has 7 heteroatoms. The topological polar surface area (TPSA) is 67.8 Å². The molecule has 0 spiro atoms. The van der Waals surface area contributed by atoms with E-state index in [-0.39, 0.29) is 5.91 Å². The van der Waals surface area contributed by atoms with Gasteiger partial charge < -0.3 is 19.3 Å². The lowest BCUT2D eigenvalue weighted by atomic mass is 9.95. The van der Waals surface area contributed by atoms with Crippen LogP contribution in [0.1, 0.15) is 35.2 Å². The summed E-state index contributed by atoms with van der Waals surface area (Å²) in [6, 6.07) is 9.76. The first-order valence-electron chi connectivity index (χ1n) is 10.8. The molecule has 2 aliphatic rings. The number of ether oxygens (including phenoxy) is 2. The number of carbonyl (C=O) groups excluding carboxylic acids is 1. The van der Waals surface area contributed by atoms with Crippen LogP contribution in [0.15, 0.2) is 36.5 Å². The number of anilines is 2. The highest BCUT2D eigenvalue weighted by atomic mass is 16.5. The minimum atomic E-state index is 0.00388. The van der Waals surface area contributed by atoms with E-state index in [2.05, 4.69) is 21.2 Å². The van der Waals surface area contributed by atoms with Crippen LogP contribution in [0.3, 0.4) is 0 Å². The van der Waals surface area contributed by atoms with Crippen molar-refractivity contribution in [3.05, 3.63) is 47.7 Å². The maximum atomic E-state index is 13.6. The molecule has 2 aromatic carbocycles. The van der Waals surface area contributed by atoms with Crippen LogP contribution in [0.25, 0.3) is 10.9 Å². The molecule has 0 unspecified atom stereocenters. The summed E-state index contributed by atoms with van der Waals surface area (Å²) in [7, 11) is 3.19. The summed E-state index contributed by atoms with van der Waals surface area (Å²) >= 11 is 0. The highest BCUT2D eigenvalue weighted by Gasteiger charge is 2.30. The van der Waals surface area contributed by atoms with Crippen LogP contribution >= 0.6 is 0 Å². The van der Waals surface area contributed by atoms with Gasteiger partial charge in [-0.05, 0) is 49.4 Å². The molecule has 1 aromatic heterocycles. The second kappa shape index (κ2) is 8.06. The van der Waals surface area contributed by atoms with Gasteiger partial charge in [0.25, 0.3) is 5.91 Å². The fourth-order valence-electron chi connectivity index (χ4n) is 4.76. The predicted octanol–water partition coefficient (Wildman–Crippen LogP) is 3.84. The molecule has 160 valence electrons. The summed E-state index contributed by atoms with van der Waals surface area (Å²) in [4.78, 5) is 17.8. The third kappa shape index (κ3) is 3.34. The van der Waals surface area contributed by atoms with Crippen molar-refractivity contribution in [3.8, 4) is 11.5 Å². The lowest BCUT2D eigenvalue weighted by Crippen LogP contribution is -2.39. The molecule has 0 radical (unpaired) electrons. The Morgan fingerprint density at radius 2 is 1.71 bits per heavy atom. The standard InChI is InChI=1S/C24H26N4O3/c1-30-22-13-18-19(14-23(22)31-2)26-25-15-21(18)28-12-9-16-17(24(28)29)7-6-8-20(16)27-10-4-3-5-11-27/h6-8,13-15H,3-5,9-12H2,1-2H3. The number of carbonyl (C=O) groups is 1. The summed E-state index contributed by atoms with van der Waals surface area (Å²) in [6.07, 6.45) is 6.18. The zero-order chi connectivity index (χ0) is 21.4. The molecule has 0 saturated carbocycles. The number of aromatic nitrogens is 2. The van der Waals surface area contributed by atoms with Gasteiger partial charge in [-0.3, -0.25) is 4.79 Å². The second-order valence-corrected chi connectivity index (χ2v) is 8.01. The Kier molecular flexibility index (Phi) is 5.10. The number of nitrogens with zero attached hydrogens (tertiary/aromatic N) is 4. The van der Waals surface area contributed by atoms with Crippen molar-refractivity contribution < 1.29 is 14.3 Å². The lowest BCUT2D eigenvalue weighted by Gasteiger charge is -2.35. The summed E-state index contributed by atoms with van der Waals surface area (Å²) in [6.45, 7) is 2.73. The number of hydrogen-bond acceptors (Lipinski definition) is 6. The first-order valence-corrected chi connectivity index (χ1v) is 10.8. The molecule has 5 rings (SSSR count). The van der Waals surface area contributed by atoms with E-state index in [9.17, 15) is 4.79 Å². The highest BCUT2D eigenvalue weighted by Crippen LogP contribution is 2.38. The fraction of sp³-hybridized carbons (Fsp3) is 0.375. The normalized spacial score (nSPS) is 16.4. The van der Waals surface area contributed by atoms with Gasteiger partial charge in [0.05, 0.1) is 31.6 Å². The number of benzene rings is 2. The van der Waals surface area contributed by atoms with Crippen LogP contribution in [0.4, 0.5) is 11.4 Å². The summed E-state index contributed by atoms with van der Waals surface area (Å²) in [5, 5.41) is 9.20. The van der Waals surface area contributed by atoms with Crippen molar-refractivity contribution in [2.24, 2.45) is 0 Å². The molecule has 7 nitrogen and oxygen atoms in total. The van der Waals surface area contributed by atoms with Gasteiger partial charge in [-0.15, -0.1) is 0 Å². The zero-order valence-corrected chi connectivity index (χ0v) is 17.9. The van der Waals surface area contributed by atoms with E-state index in [0.717, 1.165) is 41.7 Å². The first kappa shape index (κ1) is 19.6. The molecule has 3 aromatic rings. The van der Waals surface area contributed by atoms with Crippen LogP contribution in [0.2, 0.25) is 0 Å². The zero-order valence-electron chi connectivity index (χ0n) is 17.9. The number of fused-ring (bicyclic) bond motifs is 2. The van der Waals surface area contributed by atoms with Crippen molar-refractivity contribution >= 4 is 28.2 Å². The van der Waals surface area contributed by atoms with Crippen LogP contribution < -0.4 is 19.3 Å². The van der Waals surface area contributed by atoms with Gasteiger partial charge in [0.15, 0.2) is 11.5 Å². The average Bonchev–Trinajstić information content (AvgIpc) is 2.83. The summed E-state index contributed by atoms with van der Waals surface area (Å²) in [5.41, 5.74) is 4.56. The molecule has 0 N–H and O–H groups in total. The van der Waals surface area contributed by atoms with Gasteiger partial charge in [0, 0.05) is 42.3 Å². The van der Waals surface area contributed by atoms with Gasteiger partial charge in [-0.2, -0.15) is 10.2 Å². The Morgan fingerprint density at radius 3 is 2.48 bits per heavy atom. The van der Waals surface area contributed by atoms with Gasteiger partial charge in [-0.25, -0.2) is 0 Å². The van der Waals surface area contributed by atoms with Crippen LogP contribution in [-0.2, 0) is 6.42 Å². The highest BCUT2D eigenvalue weighted by molar-refractivity contribution is 6.12. The maximum Gasteiger partial charge on any atom is 0.258 e. The number of hydrogen-bond donors (Lipinski definition) is 0. The number of methoxy groups -OCH3 is 2. The molecule has 0 bridgehead atoms. The van der Waals surface area contributed by atoms with Crippen LogP contribution in [0, 0.1) is 0 Å². The Labute approximate surface area is 181 Å². The number of amides is 1. The smallest absolute Gasteiger partial charge is 0.258 e. The molecule has 1 fully saturated rings. The third-order valence-electron chi connectivity index (χ3n) is 6.32. The Bertz CT molecular complexity index is 1140. The fourth-order valence-corrected chi connectivity index (χ4v) is 4.76. The minimum Gasteiger partial charge on any atom is -0.493 e. The monoisotopic (exact) mass is 418 g/mol. The van der Waals surface area contributed by atoms with Crippen molar-refractivity contribution in [1.82, 2.24) is 10.2 Å². The number of rotatable bonds is 4. The van der Waals surface area contributed by atoms with Crippen LogP contribution in [0.5, 0.6) is 11.5 Å². The van der Waals surface area contributed by atoms with Gasteiger partial charge in [0.1, 0.15) is 0 Å². The SMILES string of the molecule is COc1cc2nncc(N3CCc4c(cccc4N4CCCCC4)C3=O)c2cc1OC. The summed E-state index contributed by atoms with van der Waals surface area (Å²) in [5.74, 6) is 1.19. The average molecular weight is 418 g/mol. The quantitative estimate of drug-likeness (QED) is 0.641. The Morgan fingerprint density at radius 1 is 0.935 bits per heavy atom. The van der Waals surface area contributed by atoms with E-state index < -0.39 is 0 Å². The van der Waals surface area contributed by atoms with Crippen LogP contribution in [-0.4, -0.2) is 50.0 Å². The molecule has 1 saturated heterocycles.